The summed E-state index contributed by atoms with van der Waals surface area (Å²) >= 11 is 0. The fraction of sp³-hybridized carbons (Fsp3) is 0.304. The van der Waals surface area contributed by atoms with Crippen LogP contribution in [0.4, 0.5) is 5.69 Å². The molecule has 2 heteroatoms. The van der Waals surface area contributed by atoms with Gasteiger partial charge in [-0.1, -0.05) is 73.5 Å². The minimum atomic E-state index is 0.622. The molecular weight excluding hydrogens is 304 g/mol. The summed E-state index contributed by atoms with van der Waals surface area (Å²) in [6, 6.07) is 23.8. The van der Waals surface area contributed by atoms with Crippen molar-refractivity contribution in [3.8, 4) is 0 Å². The fourth-order valence-electron chi connectivity index (χ4n) is 3.15. The Balaban J connectivity index is 1.51. The van der Waals surface area contributed by atoms with Crippen molar-refractivity contribution in [2.75, 3.05) is 18.4 Å². The van der Waals surface area contributed by atoms with Gasteiger partial charge in [0.25, 0.3) is 0 Å². The largest absolute Gasteiger partial charge is 0.385 e. The highest BCUT2D eigenvalue weighted by molar-refractivity contribution is 5.85. The summed E-state index contributed by atoms with van der Waals surface area (Å²) in [4.78, 5) is 0. The van der Waals surface area contributed by atoms with Gasteiger partial charge in [-0.25, -0.2) is 0 Å². The monoisotopic (exact) mass is 332 g/mol. The molecule has 2 nitrogen and oxygen atoms in total. The van der Waals surface area contributed by atoms with Crippen molar-refractivity contribution < 1.29 is 0 Å². The Morgan fingerprint density at radius 1 is 0.840 bits per heavy atom. The minimum Gasteiger partial charge on any atom is -0.385 e. The average molecular weight is 332 g/mol. The van der Waals surface area contributed by atoms with Gasteiger partial charge >= 0.3 is 0 Å². The van der Waals surface area contributed by atoms with Gasteiger partial charge in [-0.3, -0.25) is 0 Å². The molecule has 0 heterocycles. The summed E-state index contributed by atoms with van der Waals surface area (Å²) < 4.78 is 0. The van der Waals surface area contributed by atoms with Crippen molar-refractivity contribution >= 4 is 16.5 Å². The van der Waals surface area contributed by atoms with Crippen LogP contribution < -0.4 is 10.6 Å². The Hall–Kier alpha value is -2.32. The topological polar surface area (TPSA) is 24.1 Å². The molecule has 2 N–H and O–H groups in total. The molecule has 0 spiro atoms. The molecule has 0 aromatic heterocycles. The third-order valence-corrected chi connectivity index (χ3v) is 4.85. The molecule has 0 fully saturated rings. The number of aryl methyl sites for hydroxylation is 1. The molecule has 0 aliphatic carbocycles. The van der Waals surface area contributed by atoms with E-state index in [-0.39, 0.29) is 0 Å². The molecule has 0 amide bonds. The molecule has 130 valence electrons. The van der Waals surface area contributed by atoms with Crippen LogP contribution in [0.2, 0.25) is 0 Å². The van der Waals surface area contributed by atoms with Crippen molar-refractivity contribution in [3.63, 3.8) is 0 Å². The van der Waals surface area contributed by atoms with E-state index >= 15 is 0 Å². The van der Waals surface area contributed by atoms with Crippen LogP contribution in [0.5, 0.6) is 0 Å². The van der Waals surface area contributed by atoms with Crippen LogP contribution in [-0.2, 0) is 6.54 Å². The number of hydrogen-bond donors (Lipinski definition) is 2. The highest BCUT2D eigenvalue weighted by Gasteiger charge is 2.07. The van der Waals surface area contributed by atoms with Crippen LogP contribution in [0.15, 0.2) is 66.7 Å². The average Bonchev–Trinajstić information content (AvgIpc) is 2.66. The standard InChI is InChI=1S/C23H28N2/c1-3-19(16-25-22-13-11-18(2)12-14-22)15-24-17-21-9-6-8-20-7-4-5-10-23(20)21/h4-14,19,24-25H,3,15-17H2,1-2H3. The zero-order valence-electron chi connectivity index (χ0n) is 15.3. The summed E-state index contributed by atoms with van der Waals surface area (Å²) in [7, 11) is 0. The van der Waals surface area contributed by atoms with E-state index in [1.165, 1.54) is 34.0 Å². The van der Waals surface area contributed by atoms with Crippen molar-refractivity contribution in [3.05, 3.63) is 77.9 Å². The number of nitrogens with one attached hydrogen (secondary N) is 2. The van der Waals surface area contributed by atoms with E-state index in [2.05, 4.69) is 91.2 Å². The molecule has 1 atom stereocenters. The Labute approximate surface area is 151 Å². The first kappa shape index (κ1) is 17.5. The van der Waals surface area contributed by atoms with Gasteiger partial charge in [0.1, 0.15) is 0 Å². The molecule has 0 radical (unpaired) electrons. The summed E-state index contributed by atoms with van der Waals surface area (Å²) in [5, 5.41) is 9.88. The first-order chi connectivity index (χ1) is 12.3. The zero-order chi connectivity index (χ0) is 17.5. The first-order valence-corrected chi connectivity index (χ1v) is 9.24. The second kappa shape index (κ2) is 8.68. The van der Waals surface area contributed by atoms with Gasteiger partial charge in [0.15, 0.2) is 0 Å². The maximum Gasteiger partial charge on any atom is 0.0340 e. The summed E-state index contributed by atoms with van der Waals surface area (Å²) in [6.45, 7) is 7.33. The summed E-state index contributed by atoms with van der Waals surface area (Å²) in [5.74, 6) is 0.622. The van der Waals surface area contributed by atoms with Crippen LogP contribution in [0.25, 0.3) is 10.8 Å². The number of rotatable bonds is 8. The second-order valence-electron chi connectivity index (χ2n) is 6.79. The van der Waals surface area contributed by atoms with E-state index in [4.69, 9.17) is 0 Å². The minimum absolute atomic E-state index is 0.622. The summed E-state index contributed by atoms with van der Waals surface area (Å²) in [6.07, 6.45) is 1.17. The maximum absolute atomic E-state index is 3.65. The van der Waals surface area contributed by atoms with Gasteiger partial charge in [-0.15, -0.1) is 0 Å². The van der Waals surface area contributed by atoms with Crippen molar-refractivity contribution in [2.24, 2.45) is 5.92 Å². The third-order valence-electron chi connectivity index (χ3n) is 4.85. The van der Waals surface area contributed by atoms with Crippen LogP contribution in [-0.4, -0.2) is 13.1 Å². The quantitative estimate of drug-likeness (QED) is 0.579. The van der Waals surface area contributed by atoms with E-state index in [1.54, 1.807) is 0 Å². The molecule has 25 heavy (non-hydrogen) atoms. The first-order valence-electron chi connectivity index (χ1n) is 9.24. The molecule has 0 saturated carbocycles. The van der Waals surface area contributed by atoms with Gasteiger partial charge in [-0.2, -0.15) is 0 Å². The van der Waals surface area contributed by atoms with Gasteiger partial charge in [-0.05, 0) is 47.9 Å². The second-order valence-corrected chi connectivity index (χ2v) is 6.79. The molecule has 3 aromatic carbocycles. The molecular formula is C23H28N2. The molecule has 3 rings (SSSR count). The van der Waals surface area contributed by atoms with Crippen LogP contribution in [0.1, 0.15) is 24.5 Å². The number of anilines is 1. The van der Waals surface area contributed by atoms with Crippen LogP contribution in [0, 0.1) is 12.8 Å². The van der Waals surface area contributed by atoms with E-state index in [1.807, 2.05) is 0 Å². The van der Waals surface area contributed by atoms with Gasteiger partial charge in [0.05, 0.1) is 0 Å². The van der Waals surface area contributed by atoms with Crippen molar-refractivity contribution in [1.29, 1.82) is 0 Å². The number of hydrogen-bond acceptors (Lipinski definition) is 2. The lowest BCUT2D eigenvalue weighted by Gasteiger charge is -2.18. The predicted octanol–water partition coefficient (Wildman–Crippen LogP) is 5.38. The highest BCUT2D eigenvalue weighted by Crippen LogP contribution is 2.18. The maximum atomic E-state index is 3.65. The van der Waals surface area contributed by atoms with Gasteiger partial charge in [0.2, 0.25) is 0 Å². The Morgan fingerprint density at radius 2 is 1.60 bits per heavy atom. The molecule has 0 aliphatic heterocycles. The van der Waals surface area contributed by atoms with E-state index in [0.717, 1.165) is 19.6 Å². The predicted molar refractivity (Wildman–Crippen MR) is 109 cm³/mol. The zero-order valence-corrected chi connectivity index (χ0v) is 15.3. The van der Waals surface area contributed by atoms with Crippen LogP contribution >= 0.6 is 0 Å². The van der Waals surface area contributed by atoms with Crippen molar-refractivity contribution in [2.45, 2.75) is 26.8 Å². The lowest BCUT2D eigenvalue weighted by atomic mass is 10.0. The fourth-order valence-corrected chi connectivity index (χ4v) is 3.15. The normalized spacial score (nSPS) is 12.2. The van der Waals surface area contributed by atoms with Crippen molar-refractivity contribution in [1.82, 2.24) is 5.32 Å². The van der Waals surface area contributed by atoms with Crippen LogP contribution in [0.3, 0.4) is 0 Å². The van der Waals surface area contributed by atoms with E-state index < -0.39 is 0 Å². The third kappa shape index (κ3) is 4.83. The SMILES string of the molecule is CCC(CNCc1cccc2ccccc12)CNc1ccc(C)cc1. The Morgan fingerprint density at radius 3 is 2.40 bits per heavy atom. The smallest absolute Gasteiger partial charge is 0.0340 e. The van der Waals surface area contributed by atoms with Gasteiger partial charge < -0.3 is 10.6 Å². The van der Waals surface area contributed by atoms with Gasteiger partial charge in [0, 0.05) is 18.8 Å². The molecule has 1 unspecified atom stereocenters. The van der Waals surface area contributed by atoms with E-state index in [9.17, 15) is 0 Å². The highest BCUT2D eigenvalue weighted by atomic mass is 14.9. The molecule has 0 aliphatic rings. The van der Waals surface area contributed by atoms with E-state index in [0.29, 0.717) is 5.92 Å². The summed E-state index contributed by atoms with van der Waals surface area (Å²) in [5.41, 5.74) is 3.88. The Kier molecular flexibility index (Phi) is 6.08. The molecule has 0 saturated heterocycles. The number of fused-ring (bicyclic) bond motifs is 1. The number of benzene rings is 3. The molecule has 3 aromatic rings. The Bertz CT molecular complexity index is 787. The lowest BCUT2D eigenvalue weighted by molar-refractivity contribution is 0.482. The molecule has 0 bridgehead atoms. The lowest BCUT2D eigenvalue weighted by Crippen LogP contribution is -2.27.